The Balaban J connectivity index is 3.25. The Hall–Kier alpha value is -1.13. The molecule has 0 radical (unpaired) electrons. The van der Waals surface area contributed by atoms with E-state index >= 15 is 0 Å². The summed E-state index contributed by atoms with van der Waals surface area (Å²) in [4.78, 5) is 23.6. The van der Waals surface area contributed by atoms with Gasteiger partial charge in [-0.1, -0.05) is 6.92 Å². The van der Waals surface area contributed by atoms with Crippen LogP contribution in [0.4, 0.5) is 0 Å². The second kappa shape index (κ2) is 5.47. The molecule has 0 saturated heterocycles. The van der Waals surface area contributed by atoms with E-state index in [2.05, 4.69) is 0 Å². The van der Waals surface area contributed by atoms with Crippen LogP contribution in [0, 0.1) is 0 Å². The van der Waals surface area contributed by atoms with E-state index in [1.165, 1.54) is 6.92 Å². The van der Waals surface area contributed by atoms with Gasteiger partial charge in [0.2, 0.25) is 0 Å². The topological polar surface area (TPSA) is 123 Å². The van der Waals surface area contributed by atoms with Crippen molar-refractivity contribution in [3.8, 4) is 0 Å². The van der Waals surface area contributed by atoms with Crippen LogP contribution in [0.15, 0.2) is 20.7 Å². The Morgan fingerprint density at radius 2 is 1.84 bits per heavy atom. The molecule has 0 saturated carbocycles. The zero-order chi connectivity index (χ0) is 14.8. The molecule has 0 aliphatic heterocycles. The Kier molecular flexibility index (Phi) is 4.59. The second-order valence-electron chi connectivity index (χ2n) is 3.62. The fourth-order valence-corrected chi connectivity index (χ4v) is 2.83. The van der Waals surface area contributed by atoms with Crippen molar-refractivity contribution in [3.63, 3.8) is 0 Å². The third-order valence-electron chi connectivity index (χ3n) is 2.32. The molecule has 19 heavy (non-hydrogen) atoms. The lowest BCUT2D eigenvalue weighted by Gasteiger charge is -2.06. The summed E-state index contributed by atoms with van der Waals surface area (Å²) in [5.41, 5.74) is -2.05. The van der Waals surface area contributed by atoms with Crippen molar-refractivity contribution < 1.29 is 16.8 Å². The van der Waals surface area contributed by atoms with Crippen LogP contribution >= 0.6 is 10.7 Å². The summed E-state index contributed by atoms with van der Waals surface area (Å²) in [5, 5.41) is 0. The van der Waals surface area contributed by atoms with Crippen molar-refractivity contribution in [2.75, 3.05) is 11.5 Å². The minimum absolute atomic E-state index is 0.105. The lowest BCUT2D eigenvalue weighted by Crippen LogP contribution is -2.33. The van der Waals surface area contributed by atoms with Gasteiger partial charge in [0.1, 0.15) is 0 Å². The van der Waals surface area contributed by atoms with Gasteiger partial charge in [-0.2, -0.15) is 0 Å². The summed E-state index contributed by atoms with van der Waals surface area (Å²) < 4.78 is 45.6. The van der Waals surface area contributed by atoms with Crippen molar-refractivity contribution >= 4 is 29.6 Å². The fourth-order valence-electron chi connectivity index (χ4n) is 1.21. The van der Waals surface area contributed by atoms with E-state index in [9.17, 15) is 26.4 Å². The molecular weight excluding hydrogens is 320 g/mol. The van der Waals surface area contributed by atoms with E-state index in [0.29, 0.717) is 0 Å². The van der Waals surface area contributed by atoms with Crippen LogP contribution in [-0.4, -0.2) is 37.9 Å². The van der Waals surface area contributed by atoms with E-state index in [4.69, 9.17) is 10.7 Å². The van der Waals surface area contributed by atoms with E-state index in [1.807, 2.05) is 0 Å². The van der Waals surface area contributed by atoms with Crippen molar-refractivity contribution in [1.82, 2.24) is 9.55 Å². The van der Waals surface area contributed by atoms with Crippen molar-refractivity contribution in [2.45, 2.75) is 18.4 Å². The number of H-pyrrole nitrogens is 1. The summed E-state index contributed by atoms with van der Waals surface area (Å²) in [6, 6.07) is 0. The van der Waals surface area contributed by atoms with Crippen molar-refractivity contribution in [3.05, 3.63) is 27.0 Å². The summed E-state index contributed by atoms with van der Waals surface area (Å²) >= 11 is 0. The normalized spacial score (nSPS) is 12.5. The minimum Gasteiger partial charge on any atom is -0.298 e. The SMILES string of the molecule is CCS(=O)(=O)CCn1cc(S(=O)(=O)Cl)c(=O)[nH]c1=O. The molecule has 0 amide bonds. The highest BCUT2D eigenvalue weighted by Crippen LogP contribution is 2.07. The first-order valence-electron chi connectivity index (χ1n) is 5.05. The molecule has 11 heteroatoms. The standard InChI is InChI=1S/C8H11ClN2O6S2/c1-2-18(14,15)4-3-11-5-6(19(9,16)17)7(12)10-8(11)13/h5H,2-4H2,1H3,(H,10,12,13). The number of rotatable bonds is 5. The van der Waals surface area contributed by atoms with Gasteiger partial charge in [0, 0.05) is 29.2 Å². The molecule has 108 valence electrons. The second-order valence-corrected chi connectivity index (χ2v) is 8.63. The van der Waals surface area contributed by atoms with Crippen LogP contribution in [-0.2, 0) is 25.4 Å². The molecule has 0 aliphatic carbocycles. The van der Waals surface area contributed by atoms with E-state index in [1.54, 1.807) is 4.98 Å². The molecule has 0 bridgehead atoms. The van der Waals surface area contributed by atoms with Gasteiger partial charge in [0.15, 0.2) is 14.7 Å². The number of sulfone groups is 1. The first-order chi connectivity index (χ1) is 8.57. The number of nitrogens with one attached hydrogen (secondary N) is 1. The fraction of sp³-hybridized carbons (Fsp3) is 0.500. The highest BCUT2D eigenvalue weighted by molar-refractivity contribution is 8.13. The Morgan fingerprint density at radius 1 is 1.26 bits per heavy atom. The monoisotopic (exact) mass is 330 g/mol. The van der Waals surface area contributed by atoms with Gasteiger partial charge in [0.25, 0.3) is 14.6 Å². The van der Waals surface area contributed by atoms with Crippen LogP contribution in [0.1, 0.15) is 6.92 Å². The van der Waals surface area contributed by atoms with Crippen LogP contribution in [0.3, 0.4) is 0 Å². The quantitative estimate of drug-likeness (QED) is 0.683. The summed E-state index contributed by atoms with van der Waals surface area (Å²) in [7, 11) is -2.62. The highest BCUT2D eigenvalue weighted by atomic mass is 35.7. The van der Waals surface area contributed by atoms with Gasteiger partial charge in [-0.3, -0.25) is 14.3 Å². The number of hydrogen-bond donors (Lipinski definition) is 1. The Bertz CT molecular complexity index is 789. The number of hydrogen-bond acceptors (Lipinski definition) is 6. The number of aromatic amines is 1. The zero-order valence-corrected chi connectivity index (χ0v) is 12.2. The van der Waals surface area contributed by atoms with Gasteiger partial charge < -0.3 is 0 Å². The van der Waals surface area contributed by atoms with E-state index < -0.39 is 35.0 Å². The predicted molar refractivity (Wildman–Crippen MR) is 68.7 cm³/mol. The molecule has 1 heterocycles. The number of nitrogens with zero attached hydrogens (tertiary/aromatic N) is 1. The van der Waals surface area contributed by atoms with Crippen molar-refractivity contribution in [1.29, 1.82) is 0 Å². The van der Waals surface area contributed by atoms with Crippen LogP contribution in [0.25, 0.3) is 0 Å². The van der Waals surface area contributed by atoms with Crippen LogP contribution in [0.2, 0.25) is 0 Å². The van der Waals surface area contributed by atoms with Crippen LogP contribution in [0.5, 0.6) is 0 Å². The Labute approximate surface area is 113 Å². The molecule has 1 N–H and O–H groups in total. The molecule has 0 atom stereocenters. The lowest BCUT2D eigenvalue weighted by molar-refractivity contribution is 0.583. The average molecular weight is 331 g/mol. The van der Waals surface area contributed by atoms with Gasteiger partial charge in [0.05, 0.1) is 5.75 Å². The average Bonchev–Trinajstić information content (AvgIpc) is 2.26. The summed E-state index contributed by atoms with van der Waals surface area (Å²) in [5.74, 6) is -0.455. The molecule has 0 aliphatic rings. The van der Waals surface area contributed by atoms with E-state index in [0.717, 1.165) is 10.8 Å². The van der Waals surface area contributed by atoms with Gasteiger partial charge in [-0.15, -0.1) is 0 Å². The summed E-state index contributed by atoms with van der Waals surface area (Å²) in [6.45, 7) is 1.17. The Morgan fingerprint density at radius 3 is 2.32 bits per heavy atom. The minimum atomic E-state index is -4.31. The van der Waals surface area contributed by atoms with Gasteiger partial charge >= 0.3 is 5.69 Å². The molecule has 0 aromatic carbocycles. The molecule has 1 rings (SSSR count). The highest BCUT2D eigenvalue weighted by Gasteiger charge is 2.18. The smallest absolute Gasteiger partial charge is 0.298 e. The third kappa shape index (κ3) is 4.18. The number of aromatic nitrogens is 2. The number of aryl methyl sites for hydroxylation is 1. The molecule has 1 aromatic heterocycles. The molecular formula is C8H11ClN2O6S2. The third-order valence-corrected chi connectivity index (χ3v) is 5.32. The first kappa shape index (κ1) is 15.9. The van der Waals surface area contributed by atoms with Gasteiger partial charge in [-0.05, 0) is 0 Å². The van der Waals surface area contributed by atoms with Crippen molar-refractivity contribution in [2.24, 2.45) is 0 Å². The summed E-state index contributed by atoms with van der Waals surface area (Å²) in [6.07, 6.45) is 0.731. The molecule has 1 aromatic rings. The molecule has 0 unspecified atom stereocenters. The van der Waals surface area contributed by atoms with E-state index in [-0.39, 0.29) is 18.1 Å². The first-order valence-corrected chi connectivity index (χ1v) is 9.19. The lowest BCUT2D eigenvalue weighted by atomic mass is 10.6. The number of halogens is 1. The predicted octanol–water partition coefficient (Wildman–Crippen LogP) is -1.10. The molecule has 0 fully saturated rings. The van der Waals surface area contributed by atoms with Crippen LogP contribution < -0.4 is 11.2 Å². The maximum absolute atomic E-state index is 11.4. The zero-order valence-electron chi connectivity index (χ0n) is 9.79. The molecule has 0 spiro atoms. The maximum atomic E-state index is 11.4. The maximum Gasteiger partial charge on any atom is 0.328 e. The molecule has 8 nitrogen and oxygen atoms in total. The largest absolute Gasteiger partial charge is 0.328 e. The van der Waals surface area contributed by atoms with Gasteiger partial charge in [-0.25, -0.2) is 21.6 Å².